The standard InChI is InChI=1S/C24H29NO4S2/c26-18(13-21-19-8-4-6-16(19)12-17-7-5-9-20(17)21)15-31(28,29)23-25-14-22(30-23)24(27)10-2-1-3-11-24/h12,14,27H,1-11,13,15H2. The molecule has 0 spiro atoms. The van der Waals surface area contributed by atoms with E-state index in [0.29, 0.717) is 17.7 Å². The molecular formula is C24H29NO4S2. The highest BCUT2D eigenvalue weighted by molar-refractivity contribution is 7.94. The number of sulfone groups is 1. The summed E-state index contributed by atoms with van der Waals surface area (Å²) in [5.41, 5.74) is 5.44. The van der Waals surface area contributed by atoms with Gasteiger partial charge in [0.1, 0.15) is 11.4 Å². The smallest absolute Gasteiger partial charge is 0.212 e. The van der Waals surface area contributed by atoms with Crippen LogP contribution in [-0.2, 0) is 52.3 Å². The van der Waals surface area contributed by atoms with E-state index in [1.807, 2.05) is 0 Å². The van der Waals surface area contributed by atoms with Crippen LogP contribution in [0.2, 0.25) is 0 Å². The molecular weight excluding hydrogens is 430 g/mol. The molecule has 1 N–H and O–H groups in total. The zero-order chi connectivity index (χ0) is 21.6. The van der Waals surface area contributed by atoms with E-state index in [9.17, 15) is 18.3 Å². The van der Waals surface area contributed by atoms with Gasteiger partial charge in [0, 0.05) is 12.6 Å². The Morgan fingerprint density at radius 1 is 1.00 bits per heavy atom. The fourth-order valence-corrected chi connectivity index (χ4v) is 8.28. The number of fused-ring (bicyclic) bond motifs is 2. The number of aromatic nitrogens is 1. The Hall–Kier alpha value is -1.57. The molecule has 0 saturated heterocycles. The summed E-state index contributed by atoms with van der Waals surface area (Å²) in [6, 6.07) is 2.32. The monoisotopic (exact) mass is 459 g/mol. The predicted molar refractivity (Wildman–Crippen MR) is 120 cm³/mol. The number of aliphatic hydroxyl groups is 1. The Labute approximate surface area is 187 Å². The summed E-state index contributed by atoms with van der Waals surface area (Å²) in [5.74, 6) is -0.779. The molecule has 3 aliphatic rings. The van der Waals surface area contributed by atoms with Crippen LogP contribution in [0.1, 0.15) is 77.6 Å². The fraction of sp³-hybridized carbons (Fsp3) is 0.583. The number of hydrogen-bond acceptors (Lipinski definition) is 6. The zero-order valence-electron chi connectivity index (χ0n) is 17.8. The summed E-state index contributed by atoms with van der Waals surface area (Å²) in [4.78, 5) is 17.6. The third kappa shape index (κ3) is 4.00. The summed E-state index contributed by atoms with van der Waals surface area (Å²) >= 11 is 1.03. The van der Waals surface area contributed by atoms with Gasteiger partial charge in [0.05, 0.1) is 4.88 Å². The van der Waals surface area contributed by atoms with Gasteiger partial charge in [-0.3, -0.25) is 4.79 Å². The first-order valence-electron chi connectivity index (χ1n) is 11.4. The van der Waals surface area contributed by atoms with Crippen molar-refractivity contribution in [3.63, 3.8) is 0 Å². The summed E-state index contributed by atoms with van der Waals surface area (Å²) in [6.07, 6.45) is 12.3. The lowest BCUT2D eigenvalue weighted by atomic mass is 9.84. The first kappa shape index (κ1) is 21.3. The van der Waals surface area contributed by atoms with Crippen LogP contribution in [0.25, 0.3) is 0 Å². The number of Topliss-reactive ketones (excluding diaryl/α,β-unsaturated/α-hetero) is 1. The summed E-state index contributed by atoms with van der Waals surface area (Å²) in [6.45, 7) is 0. The largest absolute Gasteiger partial charge is 0.384 e. The van der Waals surface area contributed by atoms with E-state index < -0.39 is 21.2 Å². The van der Waals surface area contributed by atoms with Gasteiger partial charge in [0.15, 0.2) is 5.78 Å². The lowest BCUT2D eigenvalue weighted by molar-refractivity contribution is -0.116. The number of nitrogens with zero attached hydrogens (tertiary/aromatic N) is 1. The van der Waals surface area contributed by atoms with Gasteiger partial charge in [-0.05, 0) is 79.2 Å². The van der Waals surface area contributed by atoms with Crippen LogP contribution in [0.4, 0.5) is 0 Å². The quantitative estimate of drug-likeness (QED) is 0.709. The number of carbonyl (C=O) groups is 1. The molecule has 0 amide bonds. The molecule has 1 heterocycles. The second kappa shape index (κ2) is 8.09. The van der Waals surface area contributed by atoms with Crippen molar-refractivity contribution >= 4 is 27.0 Å². The second-order valence-corrected chi connectivity index (χ2v) is 12.6. The molecule has 7 heteroatoms. The van der Waals surface area contributed by atoms with E-state index >= 15 is 0 Å². The van der Waals surface area contributed by atoms with Gasteiger partial charge in [-0.2, -0.15) is 0 Å². The average molecular weight is 460 g/mol. The number of rotatable bonds is 6. The van der Waals surface area contributed by atoms with Crippen LogP contribution < -0.4 is 0 Å². The molecule has 2 aromatic rings. The molecule has 1 fully saturated rings. The van der Waals surface area contributed by atoms with E-state index in [-0.39, 0.29) is 16.5 Å². The molecule has 1 aromatic carbocycles. The van der Waals surface area contributed by atoms with E-state index in [4.69, 9.17) is 0 Å². The van der Waals surface area contributed by atoms with Crippen LogP contribution in [0.5, 0.6) is 0 Å². The highest BCUT2D eigenvalue weighted by atomic mass is 32.2. The number of hydrogen-bond donors (Lipinski definition) is 1. The molecule has 5 nitrogen and oxygen atoms in total. The minimum absolute atomic E-state index is 0.0432. The number of thiazole rings is 1. The van der Waals surface area contributed by atoms with Crippen molar-refractivity contribution in [2.75, 3.05) is 5.75 Å². The van der Waals surface area contributed by atoms with Crippen LogP contribution in [0, 0.1) is 0 Å². The Balaban J connectivity index is 1.35. The van der Waals surface area contributed by atoms with Gasteiger partial charge in [-0.1, -0.05) is 25.3 Å². The highest BCUT2D eigenvalue weighted by Gasteiger charge is 2.35. The molecule has 1 aromatic heterocycles. The van der Waals surface area contributed by atoms with Crippen molar-refractivity contribution in [1.29, 1.82) is 0 Å². The third-order valence-electron chi connectivity index (χ3n) is 7.21. The van der Waals surface area contributed by atoms with Crippen molar-refractivity contribution < 1.29 is 18.3 Å². The Morgan fingerprint density at radius 3 is 2.29 bits per heavy atom. The van der Waals surface area contributed by atoms with E-state index in [1.165, 1.54) is 28.5 Å². The molecule has 0 aliphatic heterocycles. The van der Waals surface area contributed by atoms with Crippen LogP contribution >= 0.6 is 11.3 Å². The first-order valence-corrected chi connectivity index (χ1v) is 13.9. The molecule has 0 unspecified atom stereocenters. The molecule has 31 heavy (non-hydrogen) atoms. The number of benzene rings is 1. The van der Waals surface area contributed by atoms with Crippen LogP contribution in [-0.4, -0.2) is 30.0 Å². The Bertz CT molecular complexity index is 1090. The van der Waals surface area contributed by atoms with Crippen molar-refractivity contribution in [1.82, 2.24) is 4.98 Å². The van der Waals surface area contributed by atoms with Crippen molar-refractivity contribution in [2.24, 2.45) is 0 Å². The number of aryl methyl sites for hydroxylation is 2. The normalized spacial score (nSPS) is 19.9. The maximum Gasteiger partial charge on any atom is 0.212 e. The zero-order valence-corrected chi connectivity index (χ0v) is 19.4. The summed E-state index contributed by atoms with van der Waals surface area (Å²) in [7, 11) is -3.81. The van der Waals surface area contributed by atoms with Crippen molar-refractivity contribution in [3.05, 3.63) is 45.0 Å². The lowest BCUT2D eigenvalue weighted by Crippen LogP contribution is -2.27. The summed E-state index contributed by atoms with van der Waals surface area (Å²) in [5, 5.41) is 10.9. The van der Waals surface area contributed by atoms with Gasteiger partial charge in [0.25, 0.3) is 0 Å². The minimum Gasteiger partial charge on any atom is -0.384 e. The third-order valence-corrected chi connectivity index (χ3v) is 10.5. The molecule has 1 saturated carbocycles. The highest BCUT2D eigenvalue weighted by Crippen LogP contribution is 2.40. The predicted octanol–water partition coefficient (Wildman–Crippen LogP) is 3.86. The molecule has 3 aliphatic carbocycles. The molecule has 0 radical (unpaired) electrons. The number of carbonyl (C=O) groups excluding carboxylic acids is 1. The first-order chi connectivity index (χ1) is 14.9. The van der Waals surface area contributed by atoms with Gasteiger partial charge in [0.2, 0.25) is 14.2 Å². The minimum atomic E-state index is -3.81. The van der Waals surface area contributed by atoms with Gasteiger partial charge in [-0.15, -0.1) is 11.3 Å². The molecule has 166 valence electrons. The van der Waals surface area contributed by atoms with Gasteiger partial charge in [-0.25, -0.2) is 13.4 Å². The van der Waals surface area contributed by atoms with Crippen LogP contribution in [0.3, 0.4) is 0 Å². The summed E-state index contributed by atoms with van der Waals surface area (Å²) < 4.78 is 25.8. The maximum absolute atomic E-state index is 12.9. The average Bonchev–Trinajstić information content (AvgIpc) is 3.48. The van der Waals surface area contributed by atoms with Crippen molar-refractivity contribution in [2.45, 2.75) is 87.0 Å². The van der Waals surface area contributed by atoms with E-state index in [1.54, 1.807) is 0 Å². The van der Waals surface area contributed by atoms with Crippen molar-refractivity contribution in [3.8, 4) is 0 Å². The SMILES string of the molecule is O=C(Cc1c2c(cc3c1CCC3)CCC2)CS(=O)(=O)c1ncc(C2(O)CCCCC2)s1. The topological polar surface area (TPSA) is 84.3 Å². The van der Waals surface area contributed by atoms with E-state index in [0.717, 1.165) is 74.7 Å². The lowest BCUT2D eigenvalue weighted by Gasteiger charge is -2.30. The molecule has 5 rings (SSSR count). The molecule has 0 atom stereocenters. The second-order valence-electron chi connectivity index (χ2n) is 9.39. The Morgan fingerprint density at radius 2 is 1.65 bits per heavy atom. The van der Waals surface area contributed by atoms with E-state index in [2.05, 4.69) is 11.1 Å². The molecule has 0 bridgehead atoms. The van der Waals surface area contributed by atoms with Gasteiger partial charge < -0.3 is 5.11 Å². The number of ketones is 1. The van der Waals surface area contributed by atoms with Gasteiger partial charge >= 0.3 is 0 Å². The fourth-order valence-electron chi connectivity index (χ4n) is 5.67. The van der Waals surface area contributed by atoms with Crippen LogP contribution in [0.15, 0.2) is 16.6 Å². The Kier molecular flexibility index (Phi) is 5.55. The maximum atomic E-state index is 12.9.